The maximum absolute atomic E-state index is 13.1. The molecular formula is C20H18ClF3N4O. The van der Waals surface area contributed by atoms with E-state index >= 15 is 0 Å². The van der Waals surface area contributed by atoms with E-state index in [2.05, 4.69) is 10.3 Å². The monoisotopic (exact) mass is 422 g/mol. The lowest BCUT2D eigenvalue weighted by Gasteiger charge is -2.31. The Morgan fingerprint density at radius 3 is 2.62 bits per heavy atom. The second-order valence-corrected chi connectivity index (χ2v) is 6.96. The molecule has 0 saturated carbocycles. The third-order valence-corrected chi connectivity index (χ3v) is 4.93. The van der Waals surface area contributed by atoms with Gasteiger partial charge in [-0.2, -0.15) is 13.2 Å². The number of halogens is 4. The molecule has 9 heteroatoms. The number of aryl methyl sites for hydroxylation is 1. The molecule has 0 aliphatic carbocycles. The average Bonchev–Trinajstić information content (AvgIpc) is 2.66. The Kier molecular flexibility index (Phi) is 5.57. The second-order valence-electron chi connectivity index (χ2n) is 6.58. The van der Waals surface area contributed by atoms with Gasteiger partial charge in [0.05, 0.1) is 33.6 Å². The van der Waals surface area contributed by atoms with Gasteiger partial charge in [-0.1, -0.05) is 23.7 Å². The summed E-state index contributed by atoms with van der Waals surface area (Å²) in [5.41, 5.74) is 6.76. The molecule has 1 unspecified atom stereocenters. The van der Waals surface area contributed by atoms with Crippen molar-refractivity contribution in [1.82, 2.24) is 9.88 Å². The quantitative estimate of drug-likeness (QED) is 0.752. The molecule has 0 fully saturated rings. The van der Waals surface area contributed by atoms with Crippen molar-refractivity contribution in [2.24, 2.45) is 5.73 Å². The smallest absolute Gasteiger partial charge is 0.399 e. The van der Waals surface area contributed by atoms with Crippen LogP contribution in [0, 0.1) is 6.92 Å². The van der Waals surface area contributed by atoms with E-state index in [4.69, 9.17) is 17.3 Å². The molecule has 0 saturated heterocycles. The summed E-state index contributed by atoms with van der Waals surface area (Å²) in [6.45, 7) is 3.58. The largest absolute Gasteiger partial charge is 0.417 e. The molecule has 2 heterocycles. The van der Waals surface area contributed by atoms with Crippen LogP contribution in [-0.2, 0) is 6.18 Å². The fourth-order valence-electron chi connectivity index (χ4n) is 2.85. The lowest BCUT2D eigenvalue weighted by molar-refractivity contribution is -0.137. The van der Waals surface area contributed by atoms with Crippen LogP contribution in [0.5, 0.6) is 0 Å². The average molecular weight is 423 g/mol. The van der Waals surface area contributed by atoms with Gasteiger partial charge in [0.25, 0.3) is 5.91 Å². The molecule has 1 aliphatic heterocycles. The number of nitrogens with zero attached hydrogens (tertiary/aromatic N) is 2. The van der Waals surface area contributed by atoms with Gasteiger partial charge < -0.3 is 16.0 Å². The Bertz CT molecular complexity index is 1000. The number of carbonyl (C=O) groups is 1. The highest BCUT2D eigenvalue weighted by Crippen LogP contribution is 2.37. The zero-order valence-electron chi connectivity index (χ0n) is 15.6. The SMILES string of the molecule is Cc1ccc(NC2=C(N)C(C)N(C(=O)c3cccc(C(F)(F)F)c3Cl)C=C2)nc1. The van der Waals surface area contributed by atoms with E-state index in [1.165, 1.54) is 17.2 Å². The fourth-order valence-corrected chi connectivity index (χ4v) is 3.16. The van der Waals surface area contributed by atoms with Crippen LogP contribution >= 0.6 is 11.6 Å². The number of rotatable bonds is 3. The van der Waals surface area contributed by atoms with Crippen LogP contribution in [0.15, 0.2) is 60.2 Å². The minimum atomic E-state index is -4.66. The zero-order valence-corrected chi connectivity index (χ0v) is 16.3. The number of aromatic nitrogens is 1. The first kappa shape index (κ1) is 20.7. The predicted molar refractivity (Wildman–Crippen MR) is 105 cm³/mol. The highest BCUT2D eigenvalue weighted by Gasteiger charge is 2.36. The van der Waals surface area contributed by atoms with Crippen molar-refractivity contribution in [3.8, 4) is 0 Å². The van der Waals surface area contributed by atoms with Crippen LogP contribution < -0.4 is 11.1 Å². The maximum Gasteiger partial charge on any atom is 0.417 e. The molecule has 3 N–H and O–H groups in total. The molecule has 1 atom stereocenters. The van der Waals surface area contributed by atoms with E-state index < -0.39 is 28.7 Å². The van der Waals surface area contributed by atoms with Gasteiger partial charge in [0.2, 0.25) is 0 Å². The number of carbonyl (C=O) groups excluding carboxylic acids is 1. The lowest BCUT2D eigenvalue weighted by atomic mass is 10.0. The summed E-state index contributed by atoms with van der Waals surface area (Å²) in [7, 11) is 0. The number of anilines is 1. The van der Waals surface area contributed by atoms with Gasteiger partial charge in [-0.15, -0.1) is 0 Å². The Balaban J connectivity index is 1.86. The molecule has 152 valence electrons. The van der Waals surface area contributed by atoms with Crippen LogP contribution in [0.2, 0.25) is 5.02 Å². The molecule has 29 heavy (non-hydrogen) atoms. The van der Waals surface area contributed by atoms with Gasteiger partial charge in [-0.3, -0.25) is 4.79 Å². The Labute approximate surface area is 170 Å². The molecule has 3 rings (SSSR count). The maximum atomic E-state index is 13.1. The van der Waals surface area contributed by atoms with Crippen LogP contribution in [0.3, 0.4) is 0 Å². The van der Waals surface area contributed by atoms with Gasteiger partial charge in [-0.25, -0.2) is 4.98 Å². The number of alkyl halides is 3. The summed E-state index contributed by atoms with van der Waals surface area (Å²) in [6.07, 6.45) is 0.0566. The summed E-state index contributed by atoms with van der Waals surface area (Å²) in [5.74, 6) is -0.105. The summed E-state index contributed by atoms with van der Waals surface area (Å²) >= 11 is 5.88. The molecule has 1 aromatic heterocycles. The van der Waals surface area contributed by atoms with E-state index in [0.29, 0.717) is 17.2 Å². The first-order valence-electron chi connectivity index (χ1n) is 8.65. The minimum Gasteiger partial charge on any atom is -0.399 e. The lowest BCUT2D eigenvalue weighted by Crippen LogP contribution is -2.41. The Morgan fingerprint density at radius 1 is 1.28 bits per heavy atom. The number of amides is 1. The number of nitrogens with one attached hydrogen (secondary N) is 1. The van der Waals surface area contributed by atoms with E-state index in [1.54, 1.807) is 25.3 Å². The fraction of sp³-hybridized carbons (Fsp3) is 0.200. The molecule has 1 aliphatic rings. The third kappa shape index (κ3) is 4.22. The van der Waals surface area contributed by atoms with Gasteiger partial charge in [0.15, 0.2) is 0 Å². The summed E-state index contributed by atoms with van der Waals surface area (Å²) < 4.78 is 39.3. The van der Waals surface area contributed by atoms with Crippen molar-refractivity contribution in [1.29, 1.82) is 0 Å². The number of nitrogens with two attached hydrogens (primary N) is 1. The van der Waals surface area contributed by atoms with Crippen LogP contribution in [-0.4, -0.2) is 21.8 Å². The molecular weight excluding hydrogens is 405 g/mol. The molecule has 5 nitrogen and oxygen atoms in total. The van der Waals surface area contributed by atoms with Crippen LogP contribution in [0.4, 0.5) is 19.0 Å². The van der Waals surface area contributed by atoms with Crippen molar-refractivity contribution in [3.05, 3.63) is 81.9 Å². The molecule has 0 spiro atoms. The molecule has 1 aromatic carbocycles. The minimum absolute atomic E-state index is 0.248. The van der Waals surface area contributed by atoms with Crippen molar-refractivity contribution >= 4 is 23.3 Å². The highest BCUT2D eigenvalue weighted by molar-refractivity contribution is 6.34. The zero-order chi connectivity index (χ0) is 21.3. The van der Waals surface area contributed by atoms with Gasteiger partial charge in [0.1, 0.15) is 5.82 Å². The standard InChI is InChI=1S/C20H18ClF3N4O/c1-11-6-7-16(26-10-11)27-15-8-9-28(12(2)18(15)25)19(29)13-4-3-5-14(17(13)21)20(22,23)24/h3-10,12H,25H2,1-2H3,(H,26,27). The first-order valence-corrected chi connectivity index (χ1v) is 9.03. The number of hydrogen-bond acceptors (Lipinski definition) is 4. The second kappa shape index (κ2) is 7.79. The topological polar surface area (TPSA) is 71.2 Å². The van der Waals surface area contributed by atoms with Gasteiger partial charge in [-0.05, 0) is 43.7 Å². The molecule has 2 aromatic rings. The number of benzene rings is 1. The van der Waals surface area contributed by atoms with Crippen molar-refractivity contribution in [2.45, 2.75) is 26.1 Å². The Morgan fingerprint density at radius 2 is 2.00 bits per heavy atom. The first-order chi connectivity index (χ1) is 13.6. The predicted octanol–water partition coefficient (Wildman–Crippen LogP) is 4.70. The molecule has 1 amide bonds. The molecule has 0 radical (unpaired) electrons. The number of allylic oxidation sites excluding steroid dienone is 1. The summed E-state index contributed by atoms with van der Waals surface area (Å²) in [4.78, 5) is 18.3. The van der Waals surface area contributed by atoms with Crippen molar-refractivity contribution < 1.29 is 18.0 Å². The van der Waals surface area contributed by atoms with E-state index in [-0.39, 0.29) is 5.56 Å². The highest BCUT2D eigenvalue weighted by atomic mass is 35.5. The summed E-state index contributed by atoms with van der Waals surface area (Å²) in [6, 6.07) is 6.30. The van der Waals surface area contributed by atoms with Crippen molar-refractivity contribution in [3.63, 3.8) is 0 Å². The van der Waals surface area contributed by atoms with Crippen LogP contribution in [0.1, 0.15) is 28.4 Å². The number of hydrogen-bond donors (Lipinski definition) is 2. The van der Waals surface area contributed by atoms with E-state index in [0.717, 1.165) is 17.7 Å². The summed E-state index contributed by atoms with van der Waals surface area (Å²) in [5, 5.41) is 2.43. The number of pyridine rings is 1. The van der Waals surface area contributed by atoms with Gasteiger partial charge >= 0.3 is 6.18 Å². The van der Waals surface area contributed by atoms with E-state index in [9.17, 15) is 18.0 Å². The third-order valence-electron chi connectivity index (χ3n) is 4.52. The molecule has 0 bridgehead atoms. The van der Waals surface area contributed by atoms with Gasteiger partial charge in [0, 0.05) is 12.4 Å². The van der Waals surface area contributed by atoms with E-state index in [1.807, 2.05) is 13.0 Å². The van der Waals surface area contributed by atoms with Crippen molar-refractivity contribution in [2.75, 3.05) is 5.32 Å². The normalized spacial score (nSPS) is 16.9. The Hall–Kier alpha value is -3.00. The van der Waals surface area contributed by atoms with Crippen LogP contribution in [0.25, 0.3) is 0 Å².